The molecule has 0 saturated carbocycles. The van der Waals surface area contributed by atoms with Gasteiger partial charge in [-0.1, -0.05) is 39.8 Å². The van der Waals surface area contributed by atoms with Crippen LogP contribution in [0.1, 0.15) is 5.56 Å². The third-order valence-electron chi connectivity index (χ3n) is 3.27. The zero-order valence-electron chi connectivity index (χ0n) is 11.8. The average Bonchev–Trinajstić information content (AvgIpc) is 3.00. The molecule has 1 heterocycles. The molecular weight excluding hydrogens is 358 g/mol. The molecule has 3 aromatic rings. The Kier molecular flexibility index (Phi) is 4.32. The molecule has 0 fully saturated rings. The molecule has 3 nitrogen and oxygen atoms in total. The molecular formula is C17H12BrN3S. The topological polar surface area (TPSA) is 41.6 Å². The lowest BCUT2D eigenvalue weighted by atomic mass is 10.1. The molecule has 0 spiro atoms. The van der Waals surface area contributed by atoms with Gasteiger partial charge in [0.2, 0.25) is 0 Å². The van der Waals surface area contributed by atoms with E-state index >= 15 is 0 Å². The van der Waals surface area contributed by atoms with E-state index in [4.69, 9.17) is 5.26 Å². The van der Waals surface area contributed by atoms with Crippen molar-refractivity contribution >= 4 is 27.7 Å². The molecule has 108 valence electrons. The monoisotopic (exact) mass is 369 g/mol. The maximum Gasteiger partial charge on any atom is 0.172 e. The van der Waals surface area contributed by atoms with Gasteiger partial charge in [0, 0.05) is 21.9 Å². The van der Waals surface area contributed by atoms with Gasteiger partial charge >= 0.3 is 0 Å². The Bertz CT molecular complexity index is 830. The molecule has 1 aromatic heterocycles. The standard InChI is InChI=1S/C17H12BrN3S/c1-22-17-20-16(13-4-2-12(10-19)3-5-13)11-21(17)15-8-6-14(18)7-9-15/h2-9,11H,1H3. The van der Waals surface area contributed by atoms with E-state index in [1.165, 1.54) is 0 Å². The third kappa shape index (κ3) is 2.94. The molecule has 2 aromatic carbocycles. The van der Waals surface area contributed by atoms with Gasteiger partial charge in [0.05, 0.1) is 17.3 Å². The fourth-order valence-corrected chi connectivity index (χ4v) is 2.96. The number of thioether (sulfide) groups is 1. The fraction of sp³-hybridized carbons (Fsp3) is 0.0588. The van der Waals surface area contributed by atoms with Crippen LogP contribution in [0.4, 0.5) is 0 Å². The van der Waals surface area contributed by atoms with Crippen molar-refractivity contribution in [3.05, 3.63) is 64.8 Å². The maximum atomic E-state index is 8.88. The van der Waals surface area contributed by atoms with Crippen LogP contribution >= 0.6 is 27.7 Å². The molecule has 0 saturated heterocycles. The predicted octanol–water partition coefficient (Wildman–Crippen LogP) is 4.90. The van der Waals surface area contributed by atoms with Crippen molar-refractivity contribution in [3.63, 3.8) is 0 Å². The summed E-state index contributed by atoms with van der Waals surface area (Å²) < 4.78 is 3.12. The van der Waals surface area contributed by atoms with Crippen LogP contribution in [-0.2, 0) is 0 Å². The van der Waals surface area contributed by atoms with Crippen molar-refractivity contribution in [3.8, 4) is 23.0 Å². The van der Waals surface area contributed by atoms with E-state index in [1.807, 2.05) is 61.0 Å². The first-order chi connectivity index (χ1) is 10.7. The van der Waals surface area contributed by atoms with Crippen LogP contribution in [0.3, 0.4) is 0 Å². The number of aromatic nitrogens is 2. The zero-order valence-corrected chi connectivity index (χ0v) is 14.2. The normalized spacial score (nSPS) is 10.4. The summed E-state index contributed by atoms with van der Waals surface area (Å²) in [5.74, 6) is 0. The number of imidazole rings is 1. The van der Waals surface area contributed by atoms with Crippen molar-refractivity contribution in [2.24, 2.45) is 0 Å². The number of benzene rings is 2. The summed E-state index contributed by atoms with van der Waals surface area (Å²) in [5, 5.41) is 9.81. The van der Waals surface area contributed by atoms with Crippen LogP contribution in [0.5, 0.6) is 0 Å². The third-order valence-corrected chi connectivity index (χ3v) is 4.45. The number of nitriles is 1. The molecule has 0 unspecified atom stereocenters. The largest absolute Gasteiger partial charge is 0.294 e. The van der Waals surface area contributed by atoms with Gasteiger partial charge in [-0.3, -0.25) is 4.57 Å². The molecule has 3 rings (SSSR count). The first-order valence-electron chi connectivity index (χ1n) is 6.61. The molecule has 0 aliphatic heterocycles. The van der Waals surface area contributed by atoms with Crippen LogP contribution in [0.25, 0.3) is 16.9 Å². The molecule has 0 amide bonds. The van der Waals surface area contributed by atoms with Crippen LogP contribution in [0, 0.1) is 11.3 Å². The van der Waals surface area contributed by atoms with E-state index in [0.29, 0.717) is 5.56 Å². The summed E-state index contributed by atoms with van der Waals surface area (Å²) >= 11 is 5.06. The predicted molar refractivity (Wildman–Crippen MR) is 93.2 cm³/mol. The smallest absolute Gasteiger partial charge is 0.172 e. The Morgan fingerprint density at radius 2 is 1.77 bits per heavy atom. The Labute approximate surface area is 141 Å². The Hall–Kier alpha value is -2.03. The lowest BCUT2D eigenvalue weighted by Gasteiger charge is -2.05. The highest BCUT2D eigenvalue weighted by molar-refractivity contribution is 9.10. The molecule has 0 radical (unpaired) electrons. The first kappa shape index (κ1) is 14.9. The van der Waals surface area contributed by atoms with E-state index in [-0.39, 0.29) is 0 Å². The number of hydrogen-bond acceptors (Lipinski definition) is 3. The lowest BCUT2D eigenvalue weighted by molar-refractivity contribution is 0.898. The SMILES string of the molecule is CSc1nc(-c2ccc(C#N)cc2)cn1-c1ccc(Br)cc1. The minimum atomic E-state index is 0.654. The second kappa shape index (κ2) is 6.39. The highest BCUT2D eigenvalue weighted by Crippen LogP contribution is 2.26. The number of halogens is 1. The van der Waals surface area contributed by atoms with Gasteiger partial charge in [-0.2, -0.15) is 5.26 Å². The van der Waals surface area contributed by atoms with E-state index in [1.54, 1.807) is 11.8 Å². The minimum Gasteiger partial charge on any atom is -0.294 e. The molecule has 0 aliphatic carbocycles. The molecule has 0 N–H and O–H groups in total. The van der Waals surface area contributed by atoms with Crippen molar-refractivity contribution in [2.75, 3.05) is 6.26 Å². The van der Waals surface area contributed by atoms with Crippen LogP contribution in [0.15, 0.2) is 64.4 Å². The van der Waals surface area contributed by atoms with Gasteiger partial charge < -0.3 is 0 Å². The molecule has 22 heavy (non-hydrogen) atoms. The van der Waals surface area contributed by atoms with Crippen molar-refractivity contribution in [1.29, 1.82) is 5.26 Å². The summed E-state index contributed by atoms with van der Waals surface area (Å²) in [6.07, 6.45) is 4.04. The van der Waals surface area contributed by atoms with E-state index in [0.717, 1.165) is 26.6 Å². The maximum absolute atomic E-state index is 8.88. The summed E-state index contributed by atoms with van der Waals surface area (Å²) in [6.45, 7) is 0. The first-order valence-corrected chi connectivity index (χ1v) is 8.63. The number of rotatable bonds is 3. The highest BCUT2D eigenvalue weighted by Gasteiger charge is 2.10. The quantitative estimate of drug-likeness (QED) is 0.616. The van der Waals surface area contributed by atoms with Gasteiger partial charge in [0.15, 0.2) is 5.16 Å². The number of hydrogen-bond donors (Lipinski definition) is 0. The van der Waals surface area contributed by atoms with Crippen LogP contribution in [-0.4, -0.2) is 15.8 Å². The zero-order chi connectivity index (χ0) is 15.5. The molecule has 0 aliphatic rings. The van der Waals surface area contributed by atoms with E-state index in [2.05, 4.69) is 31.6 Å². The van der Waals surface area contributed by atoms with Crippen molar-refractivity contribution in [2.45, 2.75) is 5.16 Å². The van der Waals surface area contributed by atoms with Crippen LogP contribution < -0.4 is 0 Å². The van der Waals surface area contributed by atoms with Gasteiger partial charge in [0.1, 0.15) is 0 Å². The molecule has 0 bridgehead atoms. The Morgan fingerprint density at radius 1 is 1.09 bits per heavy atom. The lowest BCUT2D eigenvalue weighted by Crippen LogP contribution is -1.93. The second-order valence-electron chi connectivity index (χ2n) is 4.65. The Morgan fingerprint density at radius 3 is 2.36 bits per heavy atom. The van der Waals surface area contributed by atoms with Crippen molar-refractivity contribution in [1.82, 2.24) is 9.55 Å². The molecule has 0 atom stereocenters. The van der Waals surface area contributed by atoms with E-state index < -0.39 is 0 Å². The minimum absolute atomic E-state index is 0.654. The number of nitrogens with zero attached hydrogens (tertiary/aromatic N) is 3. The summed E-state index contributed by atoms with van der Waals surface area (Å²) in [7, 11) is 0. The average molecular weight is 370 g/mol. The Balaban J connectivity index is 2.04. The van der Waals surface area contributed by atoms with Crippen LogP contribution in [0.2, 0.25) is 0 Å². The highest BCUT2D eigenvalue weighted by atomic mass is 79.9. The van der Waals surface area contributed by atoms with Gasteiger partial charge in [-0.15, -0.1) is 0 Å². The van der Waals surface area contributed by atoms with E-state index in [9.17, 15) is 0 Å². The van der Waals surface area contributed by atoms with Gasteiger partial charge in [-0.25, -0.2) is 4.98 Å². The summed E-state index contributed by atoms with van der Waals surface area (Å²) in [4.78, 5) is 4.68. The fourth-order valence-electron chi connectivity index (χ4n) is 2.15. The summed E-state index contributed by atoms with van der Waals surface area (Å²) in [5.41, 5.74) is 3.63. The van der Waals surface area contributed by atoms with Crippen molar-refractivity contribution < 1.29 is 0 Å². The summed E-state index contributed by atoms with van der Waals surface area (Å²) in [6, 6.07) is 17.7. The second-order valence-corrected chi connectivity index (χ2v) is 6.34. The molecule has 5 heteroatoms. The van der Waals surface area contributed by atoms with Gasteiger partial charge in [-0.05, 0) is 42.7 Å². The van der Waals surface area contributed by atoms with Gasteiger partial charge in [0.25, 0.3) is 0 Å².